The zero-order chi connectivity index (χ0) is 21.2. The number of para-hydroxylation sites is 1. The van der Waals surface area contributed by atoms with Crippen molar-refractivity contribution in [2.75, 3.05) is 6.61 Å². The predicted octanol–water partition coefficient (Wildman–Crippen LogP) is 7.08. The standard InChI is InChI=1S/C24H27BrN2O2S/c1-2-3-4-5-6-9-16-29-19-14-12-18(13-15-19)17-22-23(28)27-24(30-22)26-21-11-8-7-10-20(21)25/h7-8,10-15,17H,2-6,9,16H2,1H3,(H,26,27,28). The Balaban J connectivity index is 1.52. The molecule has 1 aliphatic rings. The largest absolute Gasteiger partial charge is 0.494 e. The predicted molar refractivity (Wildman–Crippen MR) is 130 cm³/mol. The lowest BCUT2D eigenvalue weighted by atomic mass is 10.1. The molecule has 0 bridgehead atoms. The van der Waals surface area contributed by atoms with Crippen molar-refractivity contribution < 1.29 is 9.53 Å². The number of hydrogen-bond donors (Lipinski definition) is 1. The Morgan fingerprint density at radius 2 is 1.77 bits per heavy atom. The van der Waals surface area contributed by atoms with Gasteiger partial charge >= 0.3 is 0 Å². The first-order chi connectivity index (χ1) is 14.7. The average Bonchev–Trinajstić information content (AvgIpc) is 3.09. The van der Waals surface area contributed by atoms with Gasteiger partial charge in [-0.1, -0.05) is 63.3 Å². The molecule has 1 heterocycles. The van der Waals surface area contributed by atoms with E-state index in [9.17, 15) is 4.79 Å². The van der Waals surface area contributed by atoms with Crippen LogP contribution in [-0.2, 0) is 4.79 Å². The molecule has 2 aromatic rings. The molecular weight excluding hydrogens is 460 g/mol. The van der Waals surface area contributed by atoms with Crippen LogP contribution in [0, 0.1) is 0 Å². The number of ether oxygens (including phenoxy) is 1. The lowest BCUT2D eigenvalue weighted by molar-refractivity contribution is -0.115. The number of nitrogens with zero attached hydrogens (tertiary/aromatic N) is 1. The highest BCUT2D eigenvalue weighted by Crippen LogP contribution is 2.31. The first-order valence-electron chi connectivity index (χ1n) is 10.4. The molecule has 158 valence electrons. The first-order valence-corrected chi connectivity index (χ1v) is 12.0. The van der Waals surface area contributed by atoms with Gasteiger partial charge in [0.15, 0.2) is 5.17 Å². The van der Waals surface area contributed by atoms with Crippen LogP contribution in [0.5, 0.6) is 5.75 Å². The highest BCUT2D eigenvalue weighted by Gasteiger charge is 2.24. The second-order valence-corrected chi connectivity index (χ2v) is 9.00. The molecule has 6 heteroatoms. The number of hydrogen-bond acceptors (Lipinski definition) is 4. The van der Waals surface area contributed by atoms with Gasteiger partial charge in [0.25, 0.3) is 5.91 Å². The van der Waals surface area contributed by atoms with Crippen molar-refractivity contribution in [1.82, 2.24) is 5.32 Å². The normalized spacial score (nSPS) is 16.3. The number of carbonyl (C=O) groups is 1. The van der Waals surface area contributed by atoms with Crippen molar-refractivity contribution in [3.8, 4) is 5.75 Å². The smallest absolute Gasteiger partial charge is 0.264 e. The molecule has 0 spiro atoms. The maximum absolute atomic E-state index is 12.3. The first kappa shape index (κ1) is 22.6. The van der Waals surface area contributed by atoms with E-state index in [-0.39, 0.29) is 5.91 Å². The Bertz CT molecular complexity index is 910. The van der Waals surface area contributed by atoms with Crippen LogP contribution in [0.2, 0.25) is 0 Å². The van der Waals surface area contributed by atoms with E-state index in [0.29, 0.717) is 10.1 Å². The monoisotopic (exact) mass is 486 g/mol. The number of carbonyl (C=O) groups excluding carboxylic acids is 1. The number of aliphatic imine (C=N–C) groups is 1. The van der Waals surface area contributed by atoms with Crippen LogP contribution in [0.4, 0.5) is 5.69 Å². The summed E-state index contributed by atoms with van der Waals surface area (Å²) >= 11 is 4.82. The van der Waals surface area contributed by atoms with E-state index in [1.54, 1.807) is 0 Å². The number of unbranched alkanes of at least 4 members (excludes halogenated alkanes) is 5. The molecule has 0 unspecified atom stereocenters. The molecule has 0 aromatic heterocycles. The fourth-order valence-electron chi connectivity index (χ4n) is 3.02. The molecule has 0 saturated carbocycles. The summed E-state index contributed by atoms with van der Waals surface area (Å²) in [7, 11) is 0. The van der Waals surface area contributed by atoms with E-state index in [0.717, 1.165) is 34.5 Å². The summed E-state index contributed by atoms with van der Waals surface area (Å²) in [4.78, 5) is 17.4. The van der Waals surface area contributed by atoms with Crippen molar-refractivity contribution >= 4 is 50.5 Å². The maximum atomic E-state index is 12.3. The van der Waals surface area contributed by atoms with Gasteiger partial charge in [-0.05, 0) is 70.0 Å². The number of nitrogens with one attached hydrogen (secondary N) is 1. The van der Waals surface area contributed by atoms with Crippen LogP contribution in [0.25, 0.3) is 6.08 Å². The molecule has 0 radical (unpaired) electrons. The van der Waals surface area contributed by atoms with E-state index in [2.05, 4.69) is 33.2 Å². The molecule has 1 saturated heterocycles. The second kappa shape index (κ2) is 12.0. The van der Waals surface area contributed by atoms with Crippen molar-refractivity contribution in [3.63, 3.8) is 0 Å². The Hall–Kier alpha value is -2.05. The minimum Gasteiger partial charge on any atom is -0.494 e. The molecule has 2 aromatic carbocycles. The summed E-state index contributed by atoms with van der Waals surface area (Å²) in [6.07, 6.45) is 9.39. The Morgan fingerprint density at radius 3 is 2.53 bits per heavy atom. The molecule has 0 atom stereocenters. The van der Waals surface area contributed by atoms with Crippen LogP contribution >= 0.6 is 27.7 Å². The highest BCUT2D eigenvalue weighted by molar-refractivity contribution is 9.10. The third kappa shape index (κ3) is 7.03. The number of amides is 1. The van der Waals surface area contributed by atoms with Crippen molar-refractivity contribution in [2.45, 2.75) is 45.4 Å². The summed E-state index contributed by atoms with van der Waals surface area (Å²) in [5.74, 6) is 0.736. The SMILES string of the molecule is CCCCCCCCOc1ccc(C=C2SC(=Nc3ccccc3Br)NC2=O)cc1. The lowest BCUT2D eigenvalue weighted by Gasteiger charge is -2.06. The number of thioether (sulfide) groups is 1. The van der Waals surface area contributed by atoms with Gasteiger partial charge in [0.05, 0.1) is 17.2 Å². The van der Waals surface area contributed by atoms with Gasteiger partial charge in [0.1, 0.15) is 5.75 Å². The zero-order valence-electron chi connectivity index (χ0n) is 17.2. The maximum Gasteiger partial charge on any atom is 0.264 e. The fourth-order valence-corrected chi connectivity index (χ4v) is 4.22. The summed E-state index contributed by atoms with van der Waals surface area (Å²) in [5.41, 5.74) is 1.75. The minimum absolute atomic E-state index is 0.130. The second-order valence-electron chi connectivity index (χ2n) is 7.12. The molecule has 1 N–H and O–H groups in total. The van der Waals surface area contributed by atoms with E-state index in [1.165, 1.54) is 43.9 Å². The molecule has 30 heavy (non-hydrogen) atoms. The highest BCUT2D eigenvalue weighted by atomic mass is 79.9. The van der Waals surface area contributed by atoms with Gasteiger partial charge in [0.2, 0.25) is 0 Å². The third-order valence-electron chi connectivity index (χ3n) is 4.67. The van der Waals surface area contributed by atoms with Gasteiger partial charge in [-0.2, -0.15) is 0 Å². The summed E-state index contributed by atoms with van der Waals surface area (Å²) in [6, 6.07) is 15.5. The number of benzene rings is 2. The zero-order valence-corrected chi connectivity index (χ0v) is 19.6. The number of rotatable bonds is 10. The van der Waals surface area contributed by atoms with E-state index in [1.807, 2.05) is 54.6 Å². The van der Waals surface area contributed by atoms with E-state index >= 15 is 0 Å². The Kier molecular flexibility index (Phi) is 9.02. The Morgan fingerprint density at radius 1 is 1.03 bits per heavy atom. The summed E-state index contributed by atoms with van der Waals surface area (Å²) in [6.45, 7) is 2.98. The topological polar surface area (TPSA) is 50.7 Å². The van der Waals surface area contributed by atoms with Crippen LogP contribution in [0.3, 0.4) is 0 Å². The van der Waals surface area contributed by atoms with Gasteiger partial charge in [-0.25, -0.2) is 4.99 Å². The fraction of sp³-hybridized carbons (Fsp3) is 0.333. The van der Waals surface area contributed by atoms with E-state index in [4.69, 9.17) is 4.74 Å². The van der Waals surface area contributed by atoms with Crippen LogP contribution < -0.4 is 10.1 Å². The van der Waals surface area contributed by atoms with Crippen molar-refractivity contribution in [1.29, 1.82) is 0 Å². The molecule has 1 fully saturated rings. The van der Waals surface area contributed by atoms with Gasteiger partial charge in [0, 0.05) is 4.47 Å². The number of halogens is 1. The molecular formula is C24H27BrN2O2S. The van der Waals surface area contributed by atoms with Gasteiger partial charge in [-0.3, -0.25) is 4.79 Å². The van der Waals surface area contributed by atoms with Crippen molar-refractivity contribution in [3.05, 3.63) is 63.5 Å². The number of amidine groups is 1. The molecule has 1 aliphatic heterocycles. The molecule has 1 amide bonds. The average molecular weight is 487 g/mol. The molecule has 3 rings (SSSR count). The Labute approximate surface area is 191 Å². The third-order valence-corrected chi connectivity index (χ3v) is 6.25. The summed E-state index contributed by atoms with van der Waals surface area (Å²) in [5, 5.41) is 3.40. The quantitative estimate of drug-likeness (QED) is 0.288. The molecule has 4 nitrogen and oxygen atoms in total. The van der Waals surface area contributed by atoms with Gasteiger partial charge < -0.3 is 10.1 Å². The van der Waals surface area contributed by atoms with Crippen LogP contribution in [0.15, 0.2) is 62.9 Å². The lowest BCUT2D eigenvalue weighted by Crippen LogP contribution is -2.19. The van der Waals surface area contributed by atoms with E-state index < -0.39 is 0 Å². The van der Waals surface area contributed by atoms with Crippen molar-refractivity contribution in [2.24, 2.45) is 4.99 Å². The van der Waals surface area contributed by atoms with Gasteiger partial charge in [-0.15, -0.1) is 0 Å². The van der Waals surface area contributed by atoms with Crippen LogP contribution in [0.1, 0.15) is 51.0 Å². The molecule has 0 aliphatic carbocycles. The minimum atomic E-state index is -0.130. The van der Waals surface area contributed by atoms with Crippen LogP contribution in [-0.4, -0.2) is 17.7 Å². The summed E-state index contributed by atoms with van der Waals surface area (Å²) < 4.78 is 6.71.